The van der Waals surface area contributed by atoms with Crippen LogP contribution >= 0.6 is 0 Å². The highest BCUT2D eigenvalue weighted by Crippen LogP contribution is 2.25. The number of fused-ring (bicyclic) bond motifs is 1. The second-order valence-corrected chi connectivity index (χ2v) is 5.92. The minimum Gasteiger partial charge on any atom is -0.384 e. The Bertz CT molecular complexity index is 874. The summed E-state index contributed by atoms with van der Waals surface area (Å²) in [5.41, 5.74) is 11.5. The van der Waals surface area contributed by atoms with Crippen LogP contribution in [-0.4, -0.2) is 14.6 Å². The number of aromatic nitrogens is 3. The van der Waals surface area contributed by atoms with Gasteiger partial charge in [-0.05, 0) is 49.1 Å². The molecule has 2 N–H and O–H groups in total. The number of benzene rings is 1. The number of allylic oxidation sites excluding steroid dienone is 2. The first-order chi connectivity index (χ1) is 11.1. The molecule has 0 amide bonds. The Morgan fingerprint density at radius 2 is 2.04 bits per heavy atom. The minimum absolute atomic E-state index is 0.598. The molecule has 1 aromatic carbocycles. The molecule has 4 nitrogen and oxygen atoms in total. The molecule has 118 valence electrons. The predicted octanol–water partition coefficient (Wildman–Crippen LogP) is 4.49. The molecule has 0 spiro atoms. The molecule has 2 aromatic heterocycles. The fraction of sp³-hybridized carbons (Fsp3) is 0.263. The van der Waals surface area contributed by atoms with Gasteiger partial charge in [-0.25, -0.2) is 4.98 Å². The van der Waals surface area contributed by atoms with Gasteiger partial charge in [-0.2, -0.15) is 4.52 Å². The Morgan fingerprint density at radius 3 is 2.78 bits per heavy atom. The third-order valence-electron chi connectivity index (χ3n) is 3.91. The quantitative estimate of drug-likeness (QED) is 0.772. The van der Waals surface area contributed by atoms with E-state index in [4.69, 9.17) is 5.73 Å². The van der Waals surface area contributed by atoms with Gasteiger partial charge in [-0.3, -0.25) is 0 Å². The van der Waals surface area contributed by atoms with Gasteiger partial charge in [0.05, 0.1) is 0 Å². The summed E-state index contributed by atoms with van der Waals surface area (Å²) in [5, 5.41) is 4.53. The average molecular weight is 306 g/mol. The van der Waals surface area contributed by atoms with Gasteiger partial charge in [0.25, 0.3) is 0 Å². The van der Waals surface area contributed by atoms with Gasteiger partial charge in [0.15, 0.2) is 11.5 Å². The first-order valence-corrected chi connectivity index (χ1v) is 7.99. The molecule has 0 radical (unpaired) electrons. The molecule has 2 heterocycles. The van der Waals surface area contributed by atoms with E-state index in [2.05, 4.69) is 54.3 Å². The van der Waals surface area contributed by atoms with Crippen LogP contribution in [0, 0.1) is 6.92 Å². The number of unbranched alkanes of at least 4 members (excludes halogenated alkanes) is 1. The third kappa shape index (κ3) is 3.11. The normalized spacial score (nSPS) is 12.0. The third-order valence-corrected chi connectivity index (χ3v) is 3.91. The van der Waals surface area contributed by atoms with Crippen LogP contribution in [0.15, 0.2) is 42.5 Å². The summed E-state index contributed by atoms with van der Waals surface area (Å²) in [6.07, 6.45) is 4.32. The van der Waals surface area contributed by atoms with E-state index in [0.29, 0.717) is 5.82 Å². The van der Waals surface area contributed by atoms with E-state index in [1.165, 1.54) is 5.56 Å². The van der Waals surface area contributed by atoms with Crippen molar-refractivity contribution in [1.82, 2.24) is 14.6 Å². The number of hydrogen-bond donors (Lipinski definition) is 1. The number of nitrogens with zero attached hydrogens (tertiary/aromatic N) is 3. The maximum atomic E-state index is 6.19. The highest BCUT2D eigenvalue weighted by atomic mass is 15.3. The zero-order valence-electron chi connectivity index (χ0n) is 13.9. The first kappa shape index (κ1) is 15.3. The maximum Gasteiger partial charge on any atom is 0.177 e. The molecule has 0 fully saturated rings. The van der Waals surface area contributed by atoms with Gasteiger partial charge in [0.2, 0.25) is 0 Å². The van der Waals surface area contributed by atoms with E-state index in [9.17, 15) is 0 Å². The summed E-state index contributed by atoms with van der Waals surface area (Å²) in [6.45, 7) is 6.29. The molecule has 0 atom stereocenters. The molecule has 4 heteroatoms. The van der Waals surface area contributed by atoms with Crippen molar-refractivity contribution in [1.29, 1.82) is 0 Å². The molecule has 3 aromatic rings. The average Bonchev–Trinajstić information content (AvgIpc) is 2.97. The first-order valence-electron chi connectivity index (χ1n) is 7.99. The van der Waals surface area contributed by atoms with Crippen LogP contribution in [-0.2, 0) is 0 Å². The van der Waals surface area contributed by atoms with Crippen molar-refractivity contribution in [2.45, 2.75) is 33.6 Å². The zero-order chi connectivity index (χ0) is 16.4. The fourth-order valence-electron chi connectivity index (χ4n) is 2.62. The summed E-state index contributed by atoms with van der Waals surface area (Å²) in [6, 6.07) is 12.4. The lowest BCUT2D eigenvalue weighted by molar-refractivity contribution is 0.944. The fourth-order valence-corrected chi connectivity index (χ4v) is 2.62. The molecule has 0 bridgehead atoms. The number of aryl methyl sites for hydroxylation is 1. The molecule has 0 saturated carbocycles. The van der Waals surface area contributed by atoms with Gasteiger partial charge >= 0.3 is 0 Å². The van der Waals surface area contributed by atoms with Gasteiger partial charge in [-0.15, -0.1) is 5.10 Å². The second kappa shape index (κ2) is 6.24. The van der Waals surface area contributed by atoms with Crippen molar-refractivity contribution in [2.75, 3.05) is 5.73 Å². The molecule has 0 saturated heterocycles. The number of rotatable bonds is 4. The monoisotopic (exact) mass is 306 g/mol. The number of hydrogen-bond acceptors (Lipinski definition) is 3. The summed E-state index contributed by atoms with van der Waals surface area (Å²) >= 11 is 0. The number of nitrogens with two attached hydrogens (primary N) is 1. The summed E-state index contributed by atoms with van der Waals surface area (Å²) in [7, 11) is 0. The summed E-state index contributed by atoms with van der Waals surface area (Å²) < 4.78 is 1.71. The zero-order valence-corrected chi connectivity index (χ0v) is 13.9. The van der Waals surface area contributed by atoms with Crippen molar-refractivity contribution in [3.05, 3.63) is 53.9 Å². The predicted molar refractivity (Wildman–Crippen MR) is 96.1 cm³/mol. The van der Waals surface area contributed by atoms with Crippen molar-refractivity contribution in [3.8, 4) is 11.1 Å². The van der Waals surface area contributed by atoms with E-state index in [0.717, 1.165) is 41.0 Å². The van der Waals surface area contributed by atoms with Crippen molar-refractivity contribution in [2.24, 2.45) is 0 Å². The molecular formula is C19H22N4. The Kier molecular flexibility index (Phi) is 4.15. The minimum atomic E-state index is 0.598. The van der Waals surface area contributed by atoms with Crippen LogP contribution in [0.4, 0.5) is 5.82 Å². The Hall–Kier alpha value is -2.62. The smallest absolute Gasteiger partial charge is 0.177 e. The van der Waals surface area contributed by atoms with Crippen LogP contribution in [0.2, 0.25) is 0 Å². The number of nitrogen functional groups attached to an aromatic ring is 1. The van der Waals surface area contributed by atoms with Crippen LogP contribution in [0.5, 0.6) is 0 Å². The van der Waals surface area contributed by atoms with E-state index < -0.39 is 0 Å². The molecular weight excluding hydrogens is 284 g/mol. The number of pyridine rings is 1. The van der Waals surface area contributed by atoms with Gasteiger partial charge in [-0.1, -0.05) is 49.2 Å². The van der Waals surface area contributed by atoms with Crippen molar-refractivity contribution in [3.63, 3.8) is 0 Å². The van der Waals surface area contributed by atoms with Gasteiger partial charge in [0, 0.05) is 0 Å². The van der Waals surface area contributed by atoms with E-state index >= 15 is 0 Å². The van der Waals surface area contributed by atoms with Crippen LogP contribution in [0.25, 0.3) is 22.3 Å². The Labute approximate surface area is 136 Å². The molecule has 0 aliphatic carbocycles. The lowest BCUT2D eigenvalue weighted by Crippen LogP contribution is -1.99. The van der Waals surface area contributed by atoms with Crippen LogP contribution < -0.4 is 5.73 Å². The van der Waals surface area contributed by atoms with Crippen molar-refractivity contribution < 1.29 is 0 Å². The lowest BCUT2D eigenvalue weighted by atomic mass is 10.0. The molecule has 23 heavy (non-hydrogen) atoms. The van der Waals surface area contributed by atoms with Crippen LogP contribution in [0.3, 0.4) is 0 Å². The van der Waals surface area contributed by atoms with E-state index in [1.807, 2.05) is 19.1 Å². The van der Waals surface area contributed by atoms with Crippen LogP contribution in [0.1, 0.15) is 38.1 Å². The van der Waals surface area contributed by atoms with Gasteiger partial charge < -0.3 is 5.73 Å². The molecule has 3 rings (SSSR count). The van der Waals surface area contributed by atoms with Crippen molar-refractivity contribution >= 4 is 17.0 Å². The highest BCUT2D eigenvalue weighted by Gasteiger charge is 2.10. The summed E-state index contributed by atoms with van der Waals surface area (Å²) in [5.74, 6) is 1.34. The standard InChI is InChI=1S/C19H22N4/c1-4-5-8-14(3)19-21-18-12-16(11-17(20)23(18)22-19)15-9-6-7-13(2)10-15/h6-12H,4-5,20H2,1-3H3/b14-8+. The highest BCUT2D eigenvalue weighted by molar-refractivity contribution is 5.72. The largest absolute Gasteiger partial charge is 0.384 e. The Morgan fingerprint density at radius 1 is 1.22 bits per heavy atom. The maximum absolute atomic E-state index is 6.19. The lowest BCUT2D eigenvalue weighted by Gasteiger charge is -2.05. The number of anilines is 1. The molecule has 0 unspecified atom stereocenters. The topological polar surface area (TPSA) is 56.2 Å². The molecule has 0 aliphatic rings. The second-order valence-electron chi connectivity index (χ2n) is 5.92. The summed E-state index contributed by atoms with van der Waals surface area (Å²) in [4.78, 5) is 4.64. The molecule has 0 aliphatic heterocycles. The van der Waals surface area contributed by atoms with E-state index in [1.54, 1.807) is 4.52 Å². The van der Waals surface area contributed by atoms with Gasteiger partial charge in [0.1, 0.15) is 5.82 Å². The Balaban J connectivity index is 2.08. The SMILES string of the molecule is CCC/C=C(\C)c1nc2cc(-c3cccc(C)c3)cc(N)n2n1. The van der Waals surface area contributed by atoms with E-state index in [-0.39, 0.29) is 0 Å².